The second kappa shape index (κ2) is 7.48. The molecule has 0 aliphatic carbocycles. The molecule has 0 saturated heterocycles. The van der Waals surface area contributed by atoms with E-state index < -0.39 is 0 Å². The zero-order chi connectivity index (χ0) is 14.6. The van der Waals surface area contributed by atoms with Gasteiger partial charge in [0, 0.05) is 19.1 Å². The average Bonchev–Trinajstić information content (AvgIpc) is 2.38. The van der Waals surface area contributed by atoms with E-state index in [0.717, 1.165) is 11.3 Å². The molecule has 21 heavy (non-hydrogen) atoms. The third-order valence-corrected chi connectivity index (χ3v) is 3.13. The average molecular weight is 312 g/mol. The first kappa shape index (κ1) is 17.5. The van der Waals surface area contributed by atoms with Crippen molar-refractivity contribution in [3.8, 4) is 0 Å². The Morgan fingerprint density at radius 1 is 1.19 bits per heavy atom. The number of benzene rings is 1. The summed E-state index contributed by atoms with van der Waals surface area (Å²) in [6.45, 7) is 4.72. The molecule has 0 aromatic heterocycles. The maximum atomic E-state index is 12.2. The molecule has 0 atom stereocenters. The van der Waals surface area contributed by atoms with Crippen LogP contribution in [0.15, 0.2) is 41.8 Å². The summed E-state index contributed by atoms with van der Waals surface area (Å²) in [7, 11) is 1.61. The van der Waals surface area contributed by atoms with Crippen molar-refractivity contribution in [1.29, 1.82) is 0 Å². The molecule has 1 N–H and O–H groups in total. The quantitative estimate of drug-likeness (QED) is 0.908. The molecule has 4 nitrogen and oxygen atoms in total. The molecule has 0 amide bonds. The first-order valence-corrected chi connectivity index (χ1v) is 6.72. The number of nitrogens with one attached hydrogen (secondary N) is 1. The first-order valence-electron chi connectivity index (χ1n) is 6.72. The van der Waals surface area contributed by atoms with E-state index in [1.165, 1.54) is 0 Å². The lowest BCUT2D eigenvalue weighted by Gasteiger charge is -2.34. The smallest absolute Gasteiger partial charge is 0.201 e. The molecule has 1 heterocycles. The Morgan fingerprint density at radius 2 is 1.86 bits per heavy atom. The molecular formula is C16H22ClNO3. The highest BCUT2D eigenvalue weighted by molar-refractivity contribution is 5.95. The highest BCUT2D eigenvalue weighted by Gasteiger charge is 2.33. The predicted octanol–water partition coefficient (Wildman–Crippen LogP) is 2.82. The Morgan fingerprint density at radius 3 is 2.48 bits per heavy atom. The van der Waals surface area contributed by atoms with Crippen molar-refractivity contribution >= 4 is 18.2 Å². The van der Waals surface area contributed by atoms with Crippen LogP contribution in [0.1, 0.15) is 25.8 Å². The number of ether oxygens (including phenoxy) is 2. The van der Waals surface area contributed by atoms with Crippen molar-refractivity contribution in [2.45, 2.75) is 32.4 Å². The van der Waals surface area contributed by atoms with Crippen molar-refractivity contribution in [3.63, 3.8) is 0 Å². The fourth-order valence-corrected chi connectivity index (χ4v) is 2.30. The van der Waals surface area contributed by atoms with Crippen LogP contribution in [0.5, 0.6) is 0 Å². The first-order chi connectivity index (χ1) is 9.52. The SMILES string of the molecule is COCC1=C(OCc2ccccc2)C(=O)CC(C)(C)N1.Cl. The number of rotatable bonds is 5. The molecule has 1 aliphatic heterocycles. The molecule has 0 bridgehead atoms. The van der Waals surface area contributed by atoms with Crippen LogP contribution in [-0.4, -0.2) is 25.0 Å². The van der Waals surface area contributed by atoms with Crippen molar-refractivity contribution in [2.75, 3.05) is 13.7 Å². The Labute approximate surface area is 131 Å². The van der Waals surface area contributed by atoms with Gasteiger partial charge in [-0.25, -0.2) is 0 Å². The van der Waals surface area contributed by atoms with Gasteiger partial charge in [0.15, 0.2) is 5.76 Å². The summed E-state index contributed by atoms with van der Waals surface area (Å²) in [5.41, 5.74) is 1.50. The molecule has 1 aromatic carbocycles. The third kappa shape index (κ3) is 4.76. The minimum absolute atomic E-state index is 0. The van der Waals surface area contributed by atoms with Crippen LogP contribution in [0, 0.1) is 0 Å². The van der Waals surface area contributed by atoms with Crippen molar-refractivity contribution in [1.82, 2.24) is 5.32 Å². The van der Waals surface area contributed by atoms with E-state index in [9.17, 15) is 4.79 Å². The molecule has 0 spiro atoms. The van der Waals surface area contributed by atoms with Crippen molar-refractivity contribution in [2.24, 2.45) is 0 Å². The van der Waals surface area contributed by atoms with Crippen LogP contribution in [0.4, 0.5) is 0 Å². The highest BCUT2D eigenvalue weighted by Crippen LogP contribution is 2.24. The Kier molecular flexibility index (Phi) is 6.24. The van der Waals surface area contributed by atoms with Gasteiger partial charge < -0.3 is 14.8 Å². The van der Waals surface area contributed by atoms with Gasteiger partial charge >= 0.3 is 0 Å². The second-order valence-corrected chi connectivity index (χ2v) is 5.62. The lowest BCUT2D eigenvalue weighted by Crippen LogP contribution is -2.47. The Bertz CT molecular complexity index is 512. The van der Waals surface area contributed by atoms with Crippen LogP contribution in [-0.2, 0) is 20.9 Å². The Hall–Kier alpha value is -1.52. The summed E-state index contributed by atoms with van der Waals surface area (Å²) in [6.07, 6.45) is 0.421. The molecule has 5 heteroatoms. The molecule has 0 saturated carbocycles. The highest BCUT2D eigenvalue weighted by atomic mass is 35.5. The topological polar surface area (TPSA) is 47.6 Å². The molecule has 1 aromatic rings. The van der Waals surface area contributed by atoms with Crippen LogP contribution < -0.4 is 5.32 Å². The predicted molar refractivity (Wildman–Crippen MR) is 84.2 cm³/mol. The van der Waals surface area contributed by atoms with E-state index >= 15 is 0 Å². The standard InChI is InChI=1S/C16H21NO3.ClH/c1-16(2)9-14(18)15(13(17-16)11-19-3)20-10-12-7-5-4-6-8-12;/h4-8,17H,9-11H2,1-3H3;1H. The summed E-state index contributed by atoms with van der Waals surface area (Å²) in [4.78, 5) is 12.2. The minimum atomic E-state index is -0.259. The monoisotopic (exact) mass is 311 g/mol. The summed E-state index contributed by atoms with van der Waals surface area (Å²) < 4.78 is 10.9. The molecular weight excluding hydrogens is 290 g/mol. The van der Waals surface area contributed by atoms with Gasteiger partial charge in [-0.05, 0) is 19.4 Å². The number of hydrogen-bond donors (Lipinski definition) is 1. The second-order valence-electron chi connectivity index (χ2n) is 5.62. The molecule has 1 aliphatic rings. The van der Waals surface area contributed by atoms with Crippen molar-refractivity contribution in [3.05, 3.63) is 47.4 Å². The number of hydrogen-bond acceptors (Lipinski definition) is 4. The van der Waals surface area contributed by atoms with E-state index in [1.54, 1.807) is 7.11 Å². The number of carbonyl (C=O) groups excluding carboxylic acids is 1. The van der Waals surface area contributed by atoms with Gasteiger partial charge in [-0.2, -0.15) is 0 Å². The van der Waals surface area contributed by atoms with Crippen LogP contribution >= 0.6 is 12.4 Å². The summed E-state index contributed by atoms with van der Waals surface area (Å²) in [5.74, 6) is 0.423. The maximum Gasteiger partial charge on any atom is 0.201 e. The van der Waals surface area contributed by atoms with E-state index in [4.69, 9.17) is 9.47 Å². The van der Waals surface area contributed by atoms with E-state index in [-0.39, 0.29) is 23.7 Å². The van der Waals surface area contributed by atoms with E-state index in [1.807, 2.05) is 44.2 Å². The fourth-order valence-electron chi connectivity index (χ4n) is 2.30. The van der Waals surface area contributed by atoms with E-state index in [0.29, 0.717) is 25.4 Å². The number of carbonyl (C=O) groups is 1. The zero-order valence-electron chi connectivity index (χ0n) is 12.6. The molecule has 116 valence electrons. The lowest BCUT2D eigenvalue weighted by atomic mass is 9.92. The fraction of sp³-hybridized carbons (Fsp3) is 0.438. The molecule has 0 unspecified atom stereocenters. The van der Waals surface area contributed by atoms with Crippen LogP contribution in [0.3, 0.4) is 0 Å². The van der Waals surface area contributed by atoms with Gasteiger partial charge in [-0.15, -0.1) is 12.4 Å². The molecule has 2 rings (SSSR count). The van der Waals surface area contributed by atoms with Gasteiger partial charge in [0.25, 0.3) is 0 Å². The molecule has 0 fully saturated rings. The third-order valence-electron chi connectivity index (χ3n) is 3.13. The summed E-state index contributed by atoms with van der Waals surface area (Å²) in [5, 5.41) is 3.32. The van der Waals surface area contributed by atoms with Crippen molar-refractivity contribution < 1.29 is 14.3 Å². The number of methoxy groups -OCH3 is 1. The van der Waals surface area contributed by atoms with Gasteiger partial charge in [0.1, 0.15) is 6.61 Å². The maximum absolute atomic E-state index is 12.2. The van der Waals surface area contributed by atoms with Gasteiger partial charge in [0.2, 0.25) is 5.78 Å². The molecule has 0 radical (unpaired) electrons. The number of halogens is 1. The normalized spacial score (nSPS) is 17.0. The zero-order valence-corrected chi connectivity index (χ0v) is 13.5. The van der Waals surface area contributed by atoms with Gasteiger partial charge in [-0.3, -0.25) is 4.79 Å². The van der Waals surface area contributed by atoms with Crippen LogP contribution in [0.2, 0.25) is 0 Å². The largest absolute Gasteiger partial charge is 0.483 e. The van der Waals surface area contributed by atoms with Crippen LogP contribution in [0.25, 0.3) is 0 Å². The minimum Gasteiger partial charge on any atom is -0.483 e. The lowest BCUT2D eigenvalue weighted by molar-refractivity contribution is -0.121. The number of Topliss-reactive ketones (excluding diaryl/α,β-unsaturated/α-hetero) is 1. The van der Waals surface area contributed by atoms with Gasteiger partial charge in [0.05, 0.1) is 12.3 Å². The number of ketones is 1. The van der Waals surface area contributed by atoms with Gasteiger partial charge in [-0.1, -0.05) is 30.3 Å². The Balaban J connectivity index is 0.00000220. The number of allylic oxidation sites excluding steroid dienone is 1. The summed E-state index contributed by atoms with van der Waals surface area (Å²) in [6, 6.07) is 9.80. The summed E-state index contributed by atoms with van der Waals surface area (Å²) >= 11 is 0. The van der Waals surface area contributed by atoms with E-state index in [2.05, 4.69) is 5.32 Å².